The first-order valence-corrected chi connectivity index (χ1v) is 11.7. The van der Waals surface area contributed by atoms with Crippen LogP contribution in [0.5, 0.6) is 23.0 Å². The number of hydrogen-bond acceptors (Lipinski definition) is 5. The third-order valence-corrected chi connectivity index (χ3v) is 6.84. The van der Waals surface area contributed by atoms with Gasteiger partial charge >= 0.3 is 0 Å². The lowest BCUT2D eigenvalue weighted by Crippen LogP contribution is -2.20. The highest BCUT2D eigenvalue weighted by Gasteiger charge is 2.35. The number of anilines is 3. The van der Waals surface area contributed by atoms with Crippen molar-refractivity contribution >= 4 is 39.0 Å². The van der Waals surface area contributed by atoms with Gasteiger partial charge in [-0.2, -0.15) is 0 Å². The Kier molecular flexibility index (Phi) is 3.75. The van der Waals surface area contributed by atoms with Gasteiger partial charge < -0.3 is 13.9 Å². The van der Waals surface area contributed by atoms with Gasteiger partial charge in [0.05, 0.1) is 22.1 Å². The molecule has 5 aromatic carbocycles. The molecule has 0 radical (unpaired) electrons. The average molecular weight is 467 g/mol. The summed E-state index contributed by atoms with van der Waals surface area (Å²) in [6, 6.07) is 32.9. The summed E-state index contributed by atoms with van der Waals surface area (Å²) in [4.78, 5) is 15.5. The summed E-state index contributed by atoms with van der Waals surface area (Å²) in [5.74, 6) is 2.98. The summed E-state index contributed by atoms with van der Waals surface area (Å²) in [5, 5.41) is 1.12. The van der Waals surface area contributed by atoms with E-state index >= 15 is 0 Å². The average Bonchev–Trinajstić information content (AvgIpc) is 2.92. The second-order valence-electron chi connectivity index (χ2n) is 8.90. The minimum absolute atomic E-state index is 0.0425. The summed E-state index contributed by atoms with van der Waals surface area (Å²) in [5.41, 5.74) is 5.64. The third-order valence-electron chi connectivity index (χ3n) is 6.84. The van der Waals surface area contributed by atoms with Crippen LogP contribution in [0.15, 0.2) is 112 Å². The molecule has 0 bridgehead atoms. The summed E-state index contributed by atoms with van der Waals surface area (Å²) >= 11 is 0. The van der Waals surface area contributed by atoms with Crippen molar-refractivity contribution < 1.29 is 13.9 Å². The van der Waals surface area contributed by atoms with E-state index in [0.29, 0.717) is 21.9 Å². The fourth-order valence-electron chi connectivity index (χ4n) is 5.24. The van der Waals surface area contributed by atoms with Crippen LogP contribution >= 0.6 is 0 Å². The quantitative estimate of drug-likeness (QED) is 0.227. The second kappa shape index (κ2) is 6.99. The minimum Gasteiger partial charge on any atom is -0.456 e. The van der Waals surface area contributed by atoms with E-state index in [2.05, 4.69) is 11.0 Å². The van der Waals surface area contributed by atoms with Gasteiger partial charge in [0.2, 0.25) is 5.43 Å². The van der Waals surface area contributed by atoms with E-state index in [9.17, 15) is 4.79 Å². The smallest absolute Gasteiger partial charge is 0.200 e. The third kappa shape index (κ3) is 2.57. The maximum atomic E-state index is 13.4. The van der Waals surface area contributed by atoms with Crippen LogP contribution in [0.1, 0.15) is 0 Å². The zero-order valence-corrected chi connectivity index (χ0v) is 18.9. The maximum absolute atomic E-state index is 13.4. The lowest BCUT2D eigenvalue weighted by Gasteiger charge is -2.38. The van der Waals surface area contributed by atoms with Crippen molar-refractivity contribution in [2.45, 2.75) is 0 Å². The monoisotopic (exact) mass is 467 g/mol. The lowest BCUT2D eigenvalue weighted by molar-refractivity contribution is 0.446. The van der Waals surface area contributed by atoms with Gasteiger partial charge in [-0.3, -0.25) is 9.69 Å². The molecular formula is C31H17NO4. The van der Waals surface area contributed by atoms with E-state index in [1.165, 1.54) is 0 Å². The van der Waals surface area contributed by atoms with Gasteiger partial charge in [0.15, 0.2) is 23.0 Å². The predicted molar refractivity (Wildman–Crippen MR) is 140 cm³/mol. The Morgan fingerprint density at radius 3 is 2.11 bits per heavy atom. The van der Waals surface area contributed by atoms with Crippen molar-refractivity contribution in [1.82, 2.24) is 0 Å². The predicted octanol–water partition coefficient (Wildman–Crippen LogP) is 8.29. The van der Waals surface area contributed by atoms with Gasteiger partial charge in [-0.15, -0.1) is 0 Å². The maximum Gasteiger partial charge on any atom is 0.200 e. The van der Waals surface area contributed by atoms with Crippen molar-refractivity contribution in [3.05, 3.63) is 113 Å². The van der Waals surface area contributed by atoms with Gasteiger partial charge in [-0.05, 0) is 60.2 Å². The Balaban J connectivity index is 1.41. The molecule has 3 heterocycles. The summed E-state index contributed by atoms with van der Waals surface area (Å²) in [6.07, 6.45) is 0. The summed E-state index contributed by atoms with van der Waals surface area (Å²) in [6.45, 7) is 0. The van der Waals surface area contributed by atoms with Crippen LogP contribution in [0.2, 0.25) is 0 Å². The molecule has 0 N–H and O–H groups in total. The molecule has 0 atom stereocenters. The fraction of sp³-hybridized carbons (Fsp3) is 0. The molecule has 0 amide bonds. The Labute approximate surface area is 205 Å². The number of fused-ring (bicyclic) bond motifs is 6. The number of para-hydroxylation sites is 5. The second-order valence-corrected chi connectivity index (χ2v) is 8.90. The number of benzene rings is 5. The molecule has 36 heavy (non-hydrogen) atoms. The van der Waals surface area contributed by atoms with E-state index in [0.717, 1.165) is 51.2 Å². The Hall–Kier alpha value is -5.03. The normalized spacial score (nSPS) is 12.9. The summed E-state index contributed by atoms with van der Waals surface area (Å²) in [7, 11) is 0. The molecular weight excluding hydrogens is 450 g/mol. The molecule has 0 unspecified atom stereocenters. The van der Waals surface area contributed by atoms with E-state index in [1.54, 1.807) is 6.07 Å². The van der Waals surface area contributed by atoms with Crippen LogP contribution in [-0.2, 0) is 0 Å². The molecule has 0 aliphatic carbocycles. The highest BCUT2D eigenvalue weighted by Crippen LogP contribution is 2.61. The lowest BCUT2D eigenvalue weighted by atomic mass is 9.97. The van der Waals surface area contributed by atoms with Gasteiger partial charge in [-0.25, -0.2) is 0 Å². The van der Waals surface area contributed by atoms with Crippen LogP contribution in [0.25, 0.3) is 33.1 Å². The number of nitrogens with zero attached hydrogens (tertiary/aromatic N) is 1. The van der Waals surface area contributed by atoms with Crippen LogP contribution in [0.3, 0.4) is 0 Å². The molecule has 0 spiro atoms. The Morgan fingerprint density at radius 1 is 0.556 bits per heavy atom. The first kappa shape index (κ1) is 19.3. The molecule has 1 aromatic heterocycles. The molecule has 5 nitrogen and oxygen atoms in total. The molecule has 6 aromatic rings. The molecule has 8 rings (SSSR count). The minimum atomic E-state index is -0.0425. The van der Waals surface area contributed by atoms with E-state index in [1.807, 2.05) is 91.0 Å². The van der Waals surface area contributed by atoms with Crippen molar-refractivity contribution in [1.29, 1.82) is 0 Å². The van der Waals surface area contributed by atoms with Gasteiger partial charge in [0.25, 0.3) is 0 Å². The van der Waals surface area contributed by atoms with E-state index in [4.69, 9.17) is 13.9 Å². The SMILES string of the molecule is O=c1c2ccccc2oc2ccc(-c3cccc4c3N3c5ccccc5Oc5cccc(c53)O4)cc12. The number of ether oxygens (including phenoxy) is 2. The van der Waals surface area contributed by atoms with Crippen LogP contribution < -0.4 is 19.8 Å². The van der Waals surface area contributed by atoms with Crippen LogP contribution in [0.4, 0.5) is 17.1 Å². The summed E-state index contributed by atoms with van der Waals surface area (Å²) < 4.78 is 18.6. The van der Waals surface area contributed by atoms with E-state index < -0.39 is 0 Å². The highest BCUT2D eigenvalue weighted by molar-refractivity contribution is 6.01. The molecule has 2 aliphatic rings. The molecule has 0 saturated heterocycles. The van der Waals surface area contributed by atoms with Gasteiger partial charge in [0, 0.05) is 5.56 Å². The Bertz CT molecular complexity index is 1920. The first-order chi connectivity index (χ1) is 17.8. The zero-order valence-electron chi connectivity index (χ0n) is 18.9. The standard InChI is InChI=1S/C31H17NO4/c33-31-20-7-1-3-10-23(20)34-24-16-15-18(17-21(24)31)19-8-5-12-26-29(19)32-22-9-2-4-11-25(22)35-27-13-6-14-28(36-26)30(27)32/h1-17H. The topological polar surface area (TPSA) is 51.9 Å². The number of hydrogen-bond donors (Lipinski definition) is 0. The number of rotatable bonds is 1. The van der Waals surface area contributed by atoms with Crippen molar-refractivity contribution in [2.24, 2.45) is 0 Å². The van der Waals surface area contributed by atoms with Gasteiger partial charge in [-0.1, -0.05) is 48.5 Å². The first-order valence-electron chi connectivity index (χ1n) is 11.7. The van der Waals surface area contributed by atoms with Crippen molar-refractivity contribution in [2.75, 3.05) is 4.90 Å². The largest absolute Gasteiger partial charge is 0.456 e. The van der Waals surface area contributed by atoms with E-state index in [-0.39, 0.29) is 5.43 Å². The Morgan fingerprint density at radius 2 is 1.22 bits per heavy atom. The van der Waals surface area contributed by atoms with Crippen molar-refractivity contribution in [3.8, 4) is 34.1 Å². The molecule has 0 saturated carbocycles. The zero-order chi connectivity index (χ0) is 23.8. The van der Waals surface area contributed by atoms with Crippen LogP contribution in [-0.4, -0.2) is 0 Å². The van der Waals surface area contributed by atoms with Crippen LogP contribution in [0, 0.1) is 0 Å². The highest BCUT2D eigenvalue weighted by atomic mass is 16.5. The molecule has 2 aliphatic heterocycles. The van der Waals surface area contributed by atoms with Gasteiger partial charge in [0.1, 0.15) is 16.9 Å². The fourth-order valence-corrected chi connectivity index (χ4v) is 5.24. The molecule has 170 valence electrons. The molecule has 5 heteroatoms. The van der Waals surface area contributed by atoms with Crippen molar-refractivity contribution in [3.63, 3.8) is 0 Å². The molecule has 0 fully saturated rings.